The van der Waals surface area contributed by atoms with Crippen LogP contribution in [0.25, 0.3) is 0 Å². The molecule has 4 heteroatoms. The molecular weight excluding hydrogens is 253 g/mol. The van der Waals surface area contributed by atoms with Crippen LogP contribution in [-0.2, 0) is 6.42 Å². The molecule has 0 spiro atoms. The molecule has 2 rings (SSSR count). The molecule has 0 unspecified atom stereocenters. The molecule has 0 atom stereocenters. The highest BCUT2D eigenvalue weighted by atomic mass is 19.2. The average molecular weight is 264 g/mol. The summed E-state index contributed by atoms with van der Waals surface area (Å²) < 4.78 is 39.3. The Bertz CT molecular complexity index is 635. The maximum atomic E-state index is 13.5. The Morgan fingerprint density at radius 1 is 1.00 bits per heavy atom. The summed E-state index contributed by atoms with van der Waals surface area (Å²) in [5.74, 6) is -4.15. The van der Waals surface area contributed by atoms with Gasteiger partial charge in [0.2, 0.25) is 0 Å². The summed E-state index contributed by atoms with van der Waals surface area (Å²) >= 11 is 0. The topological polar surface area (TPSA) is 17.1 Å². The zero-order valence-electron chi connectivity index (χ0n) is 10.2. The van der Waals surface area contributed by atoms with Gasteiger partial charge in [0.15, 0.2) is 17.4 Å². The van der Waals surface area contributed by atoms with Crippen molar-refractivity contribution in [2.24, 2.45) is 0 Å². The zero-order chi connectivity index (χ0) is 14.0. The Hall–Kier alpha value is -2.10. The standard InChI is InChI=1S/C15H11F3O/c1-9-4-2-3-5-10(9)6-15(19)11-7-13(17)14(18)8-12(11)16/h2-5,7-8H,6H2,1H3. The summed E-state index contributed by atoms with van der Waals surface area (Å²) in [6.45, 7) is 1.82. The molecular formula is C15H11F3O. The molecule has 0 aliphatic heterocycles. The Morgan fingerprint density at radius 2 is 1.63 bits per heavy atom. The van der Waals surface area contributed by atoms with E-state index in [9.17, 15) is 18.0 Å². The minimum atomic E-state index is -1.30. The van der Waals surface area contributed by atoms with Crippen molar-refractivity contribution < 1.29 is 18.0 Å². The van der Waals surface area contributed by atoms with Crippen LogP contribution in [0.4, 0.5) is 13.2 Å². The van der Waals surface area contributed by atoms with Gasteiger partial charge in [-0.3, -0.25) is 4.79 Å². The second-order valence-electron chi connectivity index (χ2n) is 4.27. The van der Waals surface area contributed by atoms with Gasteiger partial charge in [-0.1, -0.05) is 24.3 Å². The van der Waals surface area contributed by atoms with Crippen LogP contribution >= 0.6 is 0 Å². The largest absolute Gasteiger partial charge is 0.294 e. The lowest BCUT2D eigenvalue weighted by atomic mass is 9.99. The number of hydrogen-bond donors (Lipinski definition) is 0. The van der Waals surface area contributed by atoms with Gasteiger partial charge >= 0.3 is 0 Å². The minimum Gasteiger partial charge on any atom is -0.294 e. The van der Waals surface area contributed by atoms with E-state index >= 15 is 0 Å². The third-order valence-electron chi connectivity index (χ3n) is 2.92. The molecule has 0 radical (unpaired) electrons. The van der Waals surface area contributed by atoms with Crippen molar-refractivity contribution >= 4 is 5.78 Å². The Balaban J connectivity index is 2.31. The first-order valence-electron chi connectivity index (χ1n) is 5.71. The molecule has 2 aromatic carbocycles. The molecule has 0 saturated heterocycles. The van der Waals surface area contributed by atoms with Gasteiger partial charge in [-0.25, -0.2) is 13.2 Å². The zero-order valence-corrected chi connectivity index (χ0v) is 10.2. The highest BCUT2D eigenvalue weighted by Gasteiger charge is 2.17. The fraction of sp³-hybridized carbons (Fsp3) is 0.133. The normalized spacial score (nSPS) is 10.5. The SMILES string of the molecule is Cc1ccccc1CC(=O)c1cc(F)c(F)cc1F. The van der Waals surface area contributed by atoms with Gasteiger partial charge in [0, 0.05) is 12.5 Å². The lowest BCUT2D eigenvalue weighted by Gasteiger charge is -2.06. The number of benzene rings is 2. The van der Waals surface area contributed by atoms with Crippen molar-refractivity contribution in [3.63, 3.8) is 0 Å². The van der Waals surface area contributed by atoms with Crippen molar-refractivity contribution in [3.05, 3.63) is 70.5 Å². The molecule has 0 fully saturated rings. The molecule has 0 heterocycles. The molecule has 0 bridgehead atoms. The van der Waals surface area contributed by atoms with Gasteiger partial charge in [0.25, 0.3) is 0 Å². The van der Waals surface area contributed by atoms with Crippen LogP contribution in [0.2, 0.25) is 0 Å². The number of aryl methyl sites for hydroxylation is 1. The average Bonchev–Trinajstić information content (AvgIpc) is 2.36. The third kappa shape index (κ3) is 2.84. The number of halogens is 3. The maximum absolute atomic E-state index is 13.5. The monoisotopic (exact) mass is 264 g/mol. The molecule has 0 aliphatic rings. The van der Waals surface area contributed by atoms with E-state index in [1.54, 1.807) is 12.1 Å². The van der Waals surface area contributed by atoms with Crippen LogP contribution in [-0.4, -0.2) is 5.78 Å². The molecule has 0 aromatic heterocycles. The van der Waals surface area contributed by atoms with Gasteiger partial charge in [-0.05, 0) is 24.1 Å². The summed E-state index contributed by atoms with van der Waals surface area (Å²) in [5, 5.41) is 0. The summed E-state index contributed by atoms with van der Waals surface area (Å²) in [6, 6.07) is 8.14. The van der Waals surface area contributed by atoms with Crippen molar-refractivity contribution in [2.75, 3.05) is 0 Å². The summed E-state index contributed by atoms with van der Waals surface area (Å²) in [4.78, 5) is 11.9. The number of Topliss-reactive ketones (excluding diaryl/α,β-unsaturated/α-hetero) is 1. The van der Waals surface area contributed by atoms with E-state index in [1.807, 2.05) is 19.1 Å². The second-order valence-corrected chi connectivity index (χ2v) is 4.27. The van der Waals surface area contributed by atoms with Crippen molar-refractivity contribution in [1.29, 1.82) is 0 Å². The van der Waals surface area contributed by atoms with Gasteiger partial charge in [0.1, 0.15) is 5.82 Å². The van der Waals surface area contributed by atoms with Crippen molar-refractivity contribution in [3.8, 4) is 0 Å². The van der Waals surface area contributed by atoms with Crippen molar-refractivity contribution in [1.82, 2.24) is 0 Å². The summed E-state index contributed by atoms with van der Waals surface area (Å²) in [5.41, 5.74) is 1.19. The van der Waals surface area contributed by atoms with Crippen LogP contribution in [0.1, 0.15) is 21.5 Å². The van der Waals surface area contributed by atoms with E-state index in [4.69, 9.17) is 0 Å². The van der Waals surface area contributed by atoms with Gasteiger partial charge in [-0.15, -0.1) is 0 Å². The number of ketones is 1. The van der Waals surface area contributed by atoms with Gasteiger partial charge in [-0.2, -0.15) is 0 Å². The van der Waals surface area contributed by atoms with Crippen LogP contribution in [0.5, 0.6) is 0 Å². The van der Waals surface area contributed by atoms with Crippen LogP contribution < -0.4 is 0 Å². The fourth-order valence-electron chi connectivity index (χ4n) is 1.81. The number of carbonyl (C=O) groups excluding carboxylic acids is 1. The summed E-state index contributed by atoms with van der Waals surface area (Å²) in [7, 11) is 0. The molecule has 0 amide bonds. The molecule has 19 heavy (non-hydrogen) atoms. The number of rotatable bonds is 3. The van der Waals surface area contributed by atoms with E-state index in [0.29, 0.717) is 12.1 Å². The Morgan fingerprint density at radius 3 is 2.32 bits per heavy atom. The predicted molar refractivity (Wildman–Crippen MR) is 65.5 cm³/mol. The third-order valence-corrected chi connectivity index (χ3v) is 2.92. The predicted octanol–water partition coefficient (Wildman–Crippen LogP) is 3.84. The molecule has 2 aromatic rings. The summed E-state index contributed by atoms with van der Waals surface area (Å²) in [6.07, 6.45) is -0.0470. The lowest BCUT2D eigenvalue weighted by molar-refractivity contribution is 0.0988. The van der Waals surface area contributed by atoms with Crippen molar-refractivity contribution in [2.45, 2.75) is 13.3 Å². The Kier molecular flexibility index (Phi) is 3.69. The Labute approximate surface area is 108 Å². The first-order valence-corrected chi connectivity index (χ1v) is 5.71. The molecule has 1 nitrogen and oxygen atoms in total. The van der Waals surface area contributed by atoms with E-state index in [-0.39, 0.29) is 6.42 Å². The first kappa shape index (κ1) is 13.3. The van der Waals surface area contributed by atoms with E-state index in [1.165, 1.54) is 0 Å². The minimum absolute atomic E-state index is 0.0470. The van der Waals surface area contributed by atoms with E-state index < -0.39 is 28.8 Å². The van der Waals surface area contributed by atoms with Crippen LogP contribution in [0, 0.1) is 24.4 Å². The number of hydrogen-bond acceptors (Lipinski definition) is 1. The molecule has 98 valence electrons. The molecule has 0 saturated carbocycles. The quantitative estimate of drug-likeness (QED) is 0.608. The number of carbonyl (C=O) groups is 1. The van der Waals surface area contributed by atoms with E-state index in [2.05, 4.69) is 0 Å². The lowest BCUT2D eigenvalue weighted by Crippen LogP contribution is -2.08. The fourth-order valence-corrected chi connectivity index (χ4v) is 1.81. The molecule has 0 aliphatic carbocycles. The second kappa shape index (κ2) is 5.26. The van der Waals surface area contributed by atoms with Crippen LogP contribution in [0.15, 0.2) is 36.4 Å². The van der Waals surface area contributed by atoms with Gasteiger partial charge < -0.3 is 0 Å². The highest BCUT2D eigenvalue weighted by molar-refractivity contribution is 5.97. The smallest absolute Gasteiger partial charge is 0.170 e. The van der Waals surface area contributed by atoms with Gasteiger partial charge in [0.05, 0.1) is 5.56 Å². The first-order chi connectivity index (χ1) is 8.99. The molecule has 0 N–H and O–H groups in total. The van der Waals surface area contributed by atoms with Crippen LogP contribution in [0.3, 0.4) is 0 Å². The maximum Gasteiger partial charge on any atom is 0.170 e. The van der Waals surface area contributed by atoms with E-state index in [0.717, 1.165) is 11.1 Å². The highest BCUT2D eigenvalue weighted by Crippen LogP contribution is 2.17.